The zero-order valence-corrected chi connectivity index (χ0v) is 9.65. The lowest BCUT2D eigenvalue weighted by molar-refractivity contribution is 0.335. The summed E-state index contributed by atoms with van der Waals surface area (Å²) in [7, 11) is 2.09. The highest BCUT2D eigenvalue weighted by Gasteiger charge is 2.18. The highest BCUT2D eigenvalue weighted by atomic mass is 15.1. The topological polar surface area (TPSA) is 39.1 Å². The third-order valence-electron chi connectivity index (χ3n) is 2.27. The highest BCUT2D eigenvalue weighted by Crippen LogP contribution is 2.16. The largest absolute Gasteiger partial charge is 0.383 e. The minimum atomic E-state index is 0.0967. The quantitative estimate of drug-likeness (QED) is 0.657. The molecule has 0 aromatic rings. The van der Waals surface area contributed by atoms with Gasteiger partial charge in [-0.1, -0.05) is 0 Å². The van der Waals surface area contributed by atoms with E-state index in [1.807, 2.05) is 0 Å². The lowest BCUT2D eigenvalue weighted by atomic mass is 10.0. The van der Waals surface area contributed by atoms with Crippen LogP contribution in [-0.2, 0) is 0 Å². The molecule has 0 atom stereocenters. The molecule has 14 heavy (non-hydrogen) atoms. The first-order valence-electron chi connectivity index (χ1n) is 5.11. The Balaban J connectivity index is 2.78. The summed E-state index contributed by atoms with van der Waals surface area (Å²) >= 11 is 0. The molecule has 0 bridgehead atoms. The molecule has 1 heterocycles. The van der Waals surface area contributed by atoms with E-state index in [9.17, 15) is 0 Å². The lowest BCUT2D eigenvalue weighted by Crippen LogP contribution is -2.40. The molecule has 0 aromatic heterocycles. The molecule has 80 valence electrons. The van der Waals surface area contributed by atoms with Gasteiger partial charge in [-0.2, -0.15) is 0 Å². The first-order chi connectivity index (χ1) is 6.42. The lowest BCUT2D eigenvalue weighted by Gasteiger charge is -2.31. The van der Waals surface area contributed by atoms with Gasteiger partial charge in [0.05, 0.1) is 0 Å². The van der Waals surface area contributed by atoms with Crippen LogP contribution in [0.15, 0.2) is 11.3 Å². The van der Waals surface area contributed by atoms with E-state index in [0.29, 0.717) is 0 Å². The zero-order valence-electron chi connectivity index (χ0n) is 9.65. The van der Waals surface area contributed by atoms with Crippen molar-refractivity contribution in [2.45, 2.75) is 32.7 Å². The van der Waals surface area contributed by atoms with Crippen LogP contribution in [0.2, 0.25) is 0 Å². The van der Waals surface area contributed by atoms with E-state index in [1.54, 1.807) is 0 Å². The summed E-state index contributed by atoms with van der Waals surface area (Å²) < 4.78 is 0. The molecule has 0 saturated carbocycles. The Morgan fingerprint density at radius 3 is 2.57 bits per heavy atom. The third kappa shape index (κ3) is 3.14. The Labute approximate surface area is 86.7 Å². The molecule has 0 fully saturated rings. The molecule has 2 N–H and O–H groups in total. The van der Waals surface area contributed by atoms with E-state index >= 15 is 0 Å². The Hall–Kier alpha value is -0.830. The zero-order chi connectivity index (χ0) is 10.8. The molecule has 3 heteroatoms. The van der Waals surface area contributed by atoms with Crippen molar-refractivity contribution in [2.75, 3.05) is 20.1 Å². The first-order valence-corrected chi connectivity index (χ1v) is 5.11. The summed E-state index contributed by atoms with van der Waals surface area (Å²) in [6, 6.07) is 0. The van der Waals surface area contributed by atoms with Crippen molar-refractivity contribution < 1.29 is 0 Å². The molecule has 1 aliphatic rings. The van der Waals surface area contributed by atoms with Gasteiger partial charge in [-0.05, 0) is 27.8 Å². The molecule has 0 aromatic carbocycles. The second kappa shape index (κ2) is 4.13. The van der Waals surface area contributed by atoms with Gasteiger partial charge >= 0.3 is 0 Å². The minimum absolute atomic E-state index is 0.0967. The third-order valence-corrected chi connectivity index (χ3v) is 2.27. The summed E-state index contributed by atoms with van der Waals surface area (Å²) in [5, 5.41) is 10.9. The van der Waals surface area contributed by atoms with Crippen molar-refractivity contribution in [2.24, 2.45) is 0 Å². The van der Waals surface area contributed by atoms with Gasteiger partial charge in [0.25, 0.3) is 0 Å². The number of likely N-dealkylation sites (N-methyl/N-ethyl adjacent to an activating group) is 1. The monoisotopic (exact) mass is 195 g/mol. The molecular weight excluding hydrogens is 174 g/mol. The van der Waals surface area contributed by atoms with E-state index in [4.69, 9.17) is 5.41 Å². The standard InChI is InChI=1S/C11H21N3/c1-11(2,3)13-10-5-6-14(4)8-9(10)7-12/h7,12-13H,5-6,8H2,1-4H3. The fraction of sp³-hybridized carbons (Fsp3) is 0.727. The van der Waals surface area contributed by atoms with Crippen LogP contribution in [-0.4, -0.2) is 36.8 Å². The smallest absolute Gasteiger partial charge is 0.0286 e. The molecule has 0 spiro atoms. The van der Waals surface area contributed by atoms with Crippen LogP contribution in [0, 0.1) is 5.41 Å². The Morgan fingerprint density at radius 2 is 2.07 bits per heavy atom. The maximum atomic E-state index is 7.38. The minimum Gasteiger partial charge on any atom is -0.383 e. The molecule has 3 nitrogen and oxygen atoms in total. The normalized spacial score (nSPS) is 19.7. The maximum Gasteiger partial charge on any atom is 0.0286 e. The van der Waals surface area contributed by atoms with Crippen LogP contribution in [0.25, 0.3) is 0 Å². The number of hydrogen-bond acceptors (Lipinski definition) is 3. The second-order valence-corrected chi connectivity index (χ2v) is 5.01. The molecule has 0 amide bonds. The second-order valence-electron chi connectivity index (χ2n) is 5.01. The van der Waals surface area contributed by atoms with Crippen molar-refractivity contribution in [1.82, 2.24) is 10.2 Å². The fourth-order valence-corrected chi connectivity index (χ4v) is 1.66. The van der Waals surface area contributed by atoms with Gasteiger partial charge in [0.2, 0.25) is 0 Å². The number of nitrogens with zero attached hydrogens (tertiary/aromatic N) is 1. The van der Waals surface area contributed by atoms with Gasteiger partial charge in [0.1, 0.15) is 0 Å². The predicted molar refractivity (Wildman–Crippen MR) is 60.8 cm³/mol. The molecule has 0 aliphatic carbocycles. The van der Waals surface area contributed by atoms with Crippen LogP contribution in [0.3, 0.4) is 0 Å². The fourth-order valence-electron chi connectivity index (χ4n) is 1.66. The predicted octanol–water partition coefficient (Wildman–Crippen LogP) is 1.61. The van der Waals surface area contributed by atoms with Gasteiger partial charge in [0.15, 0.2) is 0 Å². The Morgan fingerprint density at radius 1 is 1.43 bits per heavy atom. The number of hydrogen-bond donors (Lipinski definition) is 2. The molecule has 0 unspecified atom stereocenters. The average molecular weight is 195 g/mol. The summed E-state index contributed by atoms with van der Waals surface area (Å²) in [6.07, 6.45) is 2.50. The van der Waals surface area contributed by atoms with Gasteiger partial charge < -0.3 is 15.6 Å². The van der Waals surface area contributed by atoms with Gasteiger partial charge in [-0.25, -0.2) is 0 Å². The number of rotatable bonds is 2. The van der Waals surface area contributed by atoms with Gasteiger partial charge in [-0.15, -0.1) is 0 Å². The maximum absolute atomic E-state index is 7.38. The highest BCUT2D eigenvalue weighted by molar-refractivity contribution is 5.77. The van der Waals surface area contributed by atoms with E-state index in [-0.39, 0.29) is 5.54 Å². The van der Waals surface area contributed by atoms with Crippen molar-refractivity contribution in [3.05, 3.63) is 11.3 Å². The van der Waals surface area contributed by atoms with Crippen molar-refractivity contribution in [1.29, 1.82) is 5.41 Å². The van der Waals surface area contributed by atoms with Crippen LogP contribution in [0.1, 0.15) is 27.2 Å². The van der Waals surface area contributed by atoms with Crippen LogP contribution in [0.4, 0.5) is 0 Å². The van der Waals surface area contributed by atoms with Crippen LogP contribution >= 0.6 is 0 Å². The first kappa shape index (κ1) is 11.2. The summed E-state index contributed by atoms with van der Waals surface area (Å²) in [5.41, 5.74) is 2.46. The van der Waals surface area contributed by atoms with Gasteiger partial charge in [0, 0.05) is 42.5 Å². The van der Waals surface area contributed by atoms with E-state index < -0.39 is 0 Å². The summed E-state index contributed by atoms with van der Waals surface area (Å²) in [5.74, 6) is 0. The van der Waals surface area contributed by atoms with Crippen molar-refractivity contribution in [3.63, 3.8) is 0 Å². The Kier molecular flexibility index (Phi) is 3.32. The molecule has 1 rings (SSSR count). The van der Waals surface area contributed by atoms with Crippen molar-refractivity contribution >= 4 is 6.21 Å². The molecule has 1 aliphatic heterocycles. The summed E-state index contributed by atoms with van der Waals surface area (Å²) in [4.78, 5) is 2.24. The summed E-state index contributed by atoms with van der Waals surface area (Å²) in [6.45, 7) is 8.43. The van der Waals surface area contributed by atoms with Crippen LogP contribution < -0.4 is 5.32 Å². The van der Waals surface area contributed by atoms with Crippen LogP contribution in [0.5, 0.6) is 0 Å². The SMILES string of the molecule is CN1CCC(NC(C)(C)C)=C(C=N)C1. The Bertz CT molecular complexity index is 248. The molecule has 0 saturated heterocycles. The molecule has 0 radical (unpaired) electrons. The van der Waals surface area contributed by atoms with E-state index in [2.05, 4.69) is 38.0 Å². The molecular formula is C11H21N3. The van der Waals surface area contributed by atoms with E-state index in [1.165, 1.54) is 11.9 Å². The number of nitrogens with one attached hydrogen (secondary N) is 2. The van der Waals surface area contributed by atoms with E-state index in [0.717, 1.165) is 25.1 Å². The van der Waals surface area contributed by atoms with Crippen molar-refractivity contribution in [3.8, 4) is 0 Å². The van der Waals surface area contributed by atoms with Gasteiger partial charge in [-0.3, -0.25) is 0 Å². The average Bonchev–Trinajstić information content (AvgIpc) is 2.06.